The zero-order chi connectivity index (χ0) is 23.1. The van der Waals surface area contributed by atoms with Crippen LogP contribution in [0.1, 0.15) is 66.5 Å². The second kappa shape index (κ2) is 7.06. The molecule has 3 heterocycles. The predicted octanol–water partition coefficient (Wildman–Crippen LogP) is 6.06. The lowest BCUT2D eigenvalue weighted by Crippen LogP contribution is -2.55. The number of hydrogen-bond acceptors (Lipinski definition) is 5. The molecule has 2 aliphatic heterocycles. The van der Waals surface area contributed by atoms with E-state index in [0.29, 0.717) is 23.5 Å². The van der Waals surface area contributed by atoms with Gasteiger partial charge in [-0.25, -0.2) is 0 Å². The fourth-order valence-electron chi connectivity index (χ4n) is 8.80. The number of carbonyl (C=O) groups is 1. The van der Waals surface area contributed by atoms with Gasteiger partial charge in [0, 0.05) is 16.5 Å². The molecule has 0 amide bonds. The molecular formula is C29H27N3OS. The van der Waals surface area contributed by atoms with Crippen molar-refractivity contribution in [2.75, 3.05) is 0 Å². The second-order valence-electron chi connectivity index (χ2n) is 11.4. The summed E-state index contributed by atoms with van der Waals surface area (Å²) >= 11 is 1.57. The molecule has 2 aromatic rings. The molecule has 3 atom stereocenters. The molecule has 0 radical (unpaired) electrons. The number of fused-ring (bicyclic) bond motifs is 3. The van der Waals surface area contributed by atoms with Crippen molar-refractivity contribution in [1.82, 2.24) is 4.90 Å². The predicted molar refractivity (Wildman–Crippen MR) is 130 cm³/mol. The minimum Gasteiger partial charge on any atom is -0.357 e. The molecule has 6 aliphatic rings. The van der Waals surface area contributed by atoms with E-state index in [-0.39, 0.29) is 5.41 Å². The third kappa shape index (κ3) is 2.54. The first-order valence-electron chi connectivity index (χ1n) is 12.5. The number of nitriles is 2. The van der Waals surface area contributed by atoms with Crippen LogP contribution in [0.5, 0.6) is 0 Å². The topological polar surface area (TPSA) is 67.9 Å². The van der Waals surface area contributed by atoms with Crippen molar-refractivity contribution in [3.8, 4) is 12.1 Å². The van der Waals surface area contributed by atoms with E-state index in [2.05, 4.69) is 23.1 Å². The summed E-state index contributed by atoms with van der Waals surface area (Å²) in [4.78, 5) is 17.9. The maximum atomic E-state index is 14.8. The van der Waals surface area contributed by atoms with Gasteiger partial charge in [0.25, 0.3) is 0 Å². The molecule has 0 spiro atoms. The average molecular weight is 466 g/mol. The van der Waals surface area contributed by atoms with E-state index in [0.717, 1.165) is 35.3 Å². The lowest BCUT2D eigenvalue weighted by molar-refractivity contribution is -0.148. The van der Waals surface area contributed by atoms with Crippen molar-refractivity contribution in [2.45, 2.75) is 56.5 Å². The largest absolute Gasteiger partial charge is 0.357 e. The van der Waals surface area contributed by atoms with E-state index >= 15 is 0 Å². The van der Waals surface area contributed by atoms with Gasteiger partial charge < -0.3 is 4.90 Å². The first-order valence-corrected chi connectivity index (χ1v) is 13.4. The number of hydrogen-bond donors (Lipinski definition) is 0. The molecule has 0 unspecified atom stereocenters. The Morgan fingerprint density at radius 1 is 0.971 bits per heavy atom. The molecule has 170 valence electrons. The minimum absolute atomic E-state index is 0.286. The molecule has 1 aromatic carbocycles. The van der Waals surface area contributed by atoms with Gasteiger partial charge in [-0.3, -0.25) is 4.79 Å². The Balaban J connectivity index is 1.42. The zero-order valence-electron chi connectivity index (χ0n) is 19.1. The SMILES string of the molecule is N#CC1(C#N)[C@H](c2cccs2)[C@@H](C(=O)C23CC4CC(CC(C4)C2)C3)N2C=Cc3ccccc3[C@@H]21. The fraction of sp³-hybridized carbons (Fsp3) is 0.483. The molecule has 4 nitrogen and oxygen atoms in total. The van der Waals surface area contributed by atoms with E-state index in [9.17, 15) is 15.3 Å². The fourth-order valence-corrected chi connectivity index (χ4v) is 9.73. The average Bonchev–Trinajstić information content (AvgIpc) is 3.47. The number of Topliss-reactive ketones (excluding diaryl/α,β-unsaturated/α-hetero) is 1. The molecule has 5 fully saturated rings. The third-order valence-corrected chi connectivity index (χ3v) is 10.6. The van der Waals surface area contributed by atoms with Crippen LogP contribution in [0.3, 0.4) is 0 Å². The molecule has 1 aromatic heterocycles. The summed E-state index contributed by atoms with van der Waals surface area (Å²) in [6.07, 6.45) is 10.9. The monoisotopic (exact) mass is 465 g/mol. The number of ketones is 1. The summed E-state index contributed by atoms with van der Waals surface area (Å²) in [5.41, 5.74) is 0.404. The van der Waals surface area contributed by atoms with Crippen molar-refractivity contribution in [1.29, 1.82) is 10.5 Å². The summed E-state index contributed by atoms with van der Waals surface area (Å²) in [6, 6.07) is 16.1. The van der Waals surface area contributed by atoms with Crippen molar-refractivity contribution in [3.05, 3.63) is 64.0 Å². The quantitative estimate of drug-likeness (QED) is 0.552. The highest BCUT2D eigenvalue weighted by Gasteiger charge is 2.67. The molecule has 4 saturated carbocycles. The van der Waals surface area contributed by atoms with Gasteiger partial charge in [-0.15, -0.1) is 11.3 Å². The van der Waals surface area contributed by atoms with Crippen molar-refractivity contribution >= 4 is 23.2 Å². The molecule has 5 heteroatoms. The van der Waals surface area contributed by atoms with Crippen LogP contribution in [0.4, 0.5) is 0 Å². The summed E-state index contributed by atoms with van der Waals surface area (Å²) < 4.78 is 0. The minimum atomic E-state index is -1.33. The first-order chi connectivity index (χ1) is 16.6. The first kappa shape index (κ1) is 20.5. The van der Waals surface area contributed by atoms with Gasteiger partial charge in [0.1, 0.15) is 0 Å². The maximum absolute atomic E-state index is 14.8. The standard InChI is InChI=1S/C29H27N3OS/c30-16-29(17-31)24(23-6-3-9-34-23)25(32-8-7-21-4-1-2-5-22(21)26(29)32)27(33)28-13-18-10-19(14-28)12-20(11-18)15-28/h1-9,18-20,24-26H,10-15H2/t18?,19?,20?,24-,25+,26-,28?/m1/s1. The Morgan fingerprint density at radius 3 is 2.26 bits per heavy atom. The third-order valence-electron chi connectivity index (χ3n) is 9.62. The molecule has 4 bridgehead atoms. The van der Waals surface area contributed by atoms with Crippen LogP contribution in [0.25, 0.3) is 6.08 Å². The van der Waals surface area contributed by atoms with Gasteiger partial charge in [-0.1, -0.05) is 30.3 Å². The van der Waals surface area contributed by atoms with Crippen LogP contribution in [-0.2, 0) is 4.79 Å². The molecular weight excluding hydrogens is 438 g/mol. The molecule has 8 rings (SSSR count). The number of thiophene rings is 1. The highest BCUT2D eigenvalue weighted by Crippen LogP contribution is 2.65. The van der Waals surface area contributed by atoms with Gasteiger partial charge in [0.15, 0.2) is 11.2 Å². The Hall–Kier alpha value is -2.89. The van der Waals surface area contributed by atoms with Crippen LogP contribution in [0.2, 0.25) is 0 Å². The van der Waals surface area contributed by atoms with E-state index in [4.69, 9.17) is 0 Å². The summed E-state index contributed by atoms with van der Waals surface area (Å²) in [5.74, 6) is 1.85. The maximum Gasteiger partial charge on any atom is 0.178 e. The van der Waals surface area contributed by atoms with E-state index < -0.39 is 23.4 Å². The second-order valence-corrected chi connectivity index (χ2v) is 12.4. The van der Waals surface area contributed by atoms with Gasteiger partial charge in [0.2, 0.25) is 0 Å². The van der Waals surface area contributed by atoms with Crippen LogP contribution in [0.15, 0.2) is 48.0 Å². The number of benzene rings is 1. The highest BCUT2D eigenvalue weighted by molar-refractivity contribution is 7.10. The number of rotatable bonds is 3. The van der Waals surface area contributed by atoms with Crippen LogP contribution >= 0.6 is 11.3 Å². The Labute approximate surface area is 204 Å². The molecule has 0 N–H and O–H groups in total. The molecule has 1 saturated heterocycles. The lowest BCUT2D eigenvalue weighted by atomic mass is 9.47. The van der Waals surface area contributed by atoms with Crippen molar-refractivity contribution < 1.29 is 4.79 Å². The summed E-state index contributed by atoms with van der Waals surface area (Å²) in [6.45, 7) is 0. The smallest absolute Gasteiger partial charge is 0.178 e. The van der Waals surface area contributed by atoms with Gasteiger partial charge in [-0.05, 0) is 84.9 Å². The van der Waals surface area contributed by atoms with Gasteiger partial charge in [0.05, 0.1) is 30.1 Å². The Morgan fingerprint density at radius 2 is 1.65 bits per heavy atom. The van der Waals surface area contributed by atoms with Gasteiger partial charge >= 0.3 is 0 Å². The normalized spacial score (nSPS) is 38.1. The van der Waals surface area contributed by atoms with Crippen LogP contribution in [-0.4, -0.2) is 16.7 Å². The number of nitrogens with zero attached hydrogens (tertiary/aromatic N) is 3. The Bertz CT molecular complexity index is 1230. The number of carbonyl (C=O) groups excluding carboxylic acids is 1. The molecule has 4 aliphatic carbocycles. The van der Waals surface area contributed by atoms with E-state index in [1.165, 1.54) is 19.3 Å². The Kier molecular flexibility index (Phi) is 4.25. The van der Waals surface area contributed by atoms with E-state index in [1.807, 2.05) is 48.0 Å². The highest BCUT2D eigenvalue weighted by atomic mass is 32.1. The zero-order valence-corrected chi connectivity index (χ0v) is 19.9. The van der Waals surface area contributed by atoms with Gasteiger partial charge in [-0.2, -0.15) is 10.5 Å². The van der Waals surface area contributed by atoms with E-state index in [1.54, 1.807) is 11.3 Å². The summed E-state index contributed by atoms with van der Waals surface area (Å²) in [5, 5.41) is 23.3. The van der Waals surface area contributed by atoms with Crippen molar-refractivity contribution in [2.24, 2.45) is 28.6 Å². The van der Waals surface area contributed by atoms with Crippen LogP contribution < -0.4 is 0 Å². The van der Waals surface area contributed by atoms with Crippen LogP contribution in [0, 0.1) is 51.2 Å². The molecule has 34 heavy (non-hydrogen) atoms. The summed E-state index contributed by atoms with van der Waals surface area (Å²) in [7, 11) is 0. The van der Waals surface area contributed by atoms with Crippen molar-refractivity contribution in [3.63, 3.8) is 0 Å². The lowest BCUT2D eigenvalue weighted by Gasteiger charge is -2.57.